The summed E-state index contributed by atoms with van der Waals surface area (Å²) >= 11 is 0. The highest BCUT2D eigenvalue weighted by molar-refractivity contribution is 5.82. The Morgan fingerprint density at radius 3 is 2.16 bits per heavy atom. The van der Waals surface area contributed by atoms with Gasteiger partial charge in [0.15, 0.2) is 0 Å². The van der Waals surface area contributed by atoms with Crippen molar-refractivity contribution in [2.24, 2.45) is 0 Å². The number of aliphatic hydroxyl groups excluding tert-OH is 1. The molecule has 1 heteroatoms. The normalized spacial score (nSPS) is 12.1. The van der Waals surface area contributed by atoms with Gasteiger partial charge in [-0.05, 0) is 23.1 Å². The van der Waals surface area contributed by atoms with Crippen LogP contribution in [-0.2, 0) is 6.42 Å². The lowest BCUT2D eigenvalue weighted by Gasteiger charge is -2.14. The molecule has 0 saturated carbocycles. The van der Waals surface area contributed by atoms with Crippen molar-refractivity contribution < 1.29 is 5.11 Å². The predicted octanol–water partition coefficient (Wildman–Crippen LogP) is 4.98. The van der Waals surface area contributed by atoms with Crippen molar-refractivity contribution in [3.63, 3.8) is 0 Å². The van der Waals surface area contributed by atoms with Gasteiger partial charge in [-0.25, -0.2) is 0 Å². The molecule has 0 aromatic heterocycles. The minimum Gasteiger partial charge on any atom is -0.512 e. The molecule has 0 aliphatic rings. The van der Waals surface area contributed by atoms with Crippen LogP contribution in [0, 0.1) is 0 Å². The molecule has 0 radical (unpaired) electrons. The van der Waals surface area contributed by atoms with Crippen LogP contribution in [0.3, 0.4) is 0 Å². The van der Waals surface area contributed by atoms with Crippen molar-refractivity contribution in [3.05, 3.63) is 77.0 Å². The summed E-state index contributed by atoms with van der Waals surface area (Å²) in [6, 6.07) is 18.4. The van der Waals surface area contributed by atoms with Crippen molar-refractivity contribution in [2.75, 3.05) is 0 Å². The first-order chi connectivity index (χ1) is 9.27. The zero-order valence-corrected chi connectivity index (χ0v) is 11.6. The molecule has 0 fully saturated rings. The quantitative estimate of drug-likeness (QED) is 0.761. The molecule has 0 heterocycles. The molecule has 1 N–H and O–H groups in total. The monoisotopic (exact) mass is 252 g/mol. The molecule has 0 spiro atoms. The smallest absolute Gasteiger partial charge is 0.100 e. The van der Waals surface area contributed by atoms with E-state index >= 15 is 0 Å². The molecule has 0 aliphatic carbocycles. The maximum atomic E-state index is 10.3. The van der Waals surface area contributed by atoms with Crippen LogP contribution in [0.15, 0.2) is 60.4 Å². The lowest BCUT2D eigenvalue weighted by atomic mass is 9.91. The second kappa shape index (κ2) is 6.24. The fraction of sp³-hybridized carbons (Fsp3) is 0.222. The molecule has 0 unspecified atom stereocenters. The average molecular weight is 252 g/mol. The van der Waals surface area contributed by atoms with Crippen LogP contribution in [0.5, 0.6) is 0 Å². The van der Waals surface area contributed by atoms with Gasteiger partial charge >= 0.3 is 0 Å². The highest BCUT2D eigenvalue weighted by atomic mass is 16.3. The number of rotatable bonds is 4. The third-order valence-electron chi connectivity index (χ3n) is 3.35. The van der Waals surface area contributed by atoms with Gasteiger partial charge in [0.1, 0.15) is 5.76 Å². The third-order valence-corrected chi connectivity index (χ3v) is 3.35. The summed E-state index contributed by atoms with van der Waals surface area (Å²) in [5, 5.41) is 10.3. The van der Waals surface area contributed by atoms with Crippen molar-refractivity contribution in [1.82, 2.24) is 0 Å². The van der Waals surface area contributed by atoms with E-state index in [-0.39, 0.29) is 0 Å². The molecule has 98 valence electrons. The number of hydrogen-bond acceptors (Lipinski definition) is 1. The molecule has 19 heavy (non-hydrogen) atoms. The van der Waals surface area contributed by atoms with Crippen molar-refractivity contribution >= 4 is 5.57 Å². The number of aliphatic hydroxyl groups is 1. The number of hydrogen-bond donors (Lipinski definition) is 1. The lowest BCUT2D eigenvalue weighted by molar-refractivity contribution is 0.397. The Balaban J connectivity index is 2.64. The van der Waals surface area contributed by atoms with Crippen LogP contribution < -0.4 is 0 Å². The van der Waals surface area contributed by atoms with Gasteiger partial charge in [-0.15, -0.1) is 0 Å². The summed E-state index contributed by atoms with van der Waals surface area (Å²) in [7, 11) is 0. The minimum absolute atomic E-state index is 0.451. The Bertz CT molecular complexity index is 567. The van der Waals surface area contributed by atoms with Gasteiger partial charge in [0.05, 0.1) is 0 Å². The van der Waals surface area contributed by atoms with Gasteiger partial charge in [0.25, 0.3) is 0 Å². The highest BCUT2D eigenvalue weighted by Crippen LogP contribution is 2.29. The fourth-order valence-corrected chi connectivity index (χ4v) is 2.33. The maximum Gasteiger partial charge on any atom is 0.100 e. The number of allylic oxidation sites excluding steroid dienone is 1. The van der Waals surface area contributed by atoms with E-state index in [1.165, 1.54) is 5.56 Å². The van der Waals surface area contributed by atoms with Crippen LogP contribution in [0.4, 0.5) is 0 Å². The summed E-state index contributed by atoms with van der Waals surface area (Å²) in [4.78, 5) is 0. The Labute approximate surface area is 115 Å². The van der Waals surface area contributed by atoms with Gasteiger partial charge in [0, 0.05) is 12.0 Å². The Kier molecular flexibility index (Phi) is 4.40. The zero-order valence-electron chi connectivity index (χ0n) is 11.6. The van der Waals surface area contributed by atoms with E-state index < -0.39 is 0 Å². The van der Waals surface area contributed by atoms with Crippen molar-refractivity contribution in [3.8, 4) is 0 Å². The van der Waals surface area contributed by atoms with Gasteiger partial charge in [-0.2, -0.15) is 0 Å². The highest BCUT2D eigenvalue weighted by Gasteiger charge is 2.12. The second-order valence-electron chi connectivity index (χ2n) is 4.55. The first kappa shape index (κ1) is 13.4. The van der Waals surface area contributed by atoms with Crippen LogP contribution >= 0.6 is 0 Å². The van der Waals surface area contributed by atoms with E-state index in [1.807, 2.05) is 49.4 Å². The molecule has 0 aliphatic heterocycles. The molecular formula is C18H20O. The first-order valence-electron chi connectivity index (χ1n) is 6.83. The maximum absolute atomic E-state index is 10.3. The zero-order chi connectivity index (χ0) is 13.7. The van der Waals surface area contributed by atoms with Crippen molar-refractivity contribution in [1.29, 1.82) is 0 Å². The molecule has 2 aromatic rings. The summed E-state index contributed by atoms with van der Waals surface area (Å²) in [5.74, 6) is 0.451. The molecule has 2 aromatic carbocycles. The van der Waals surface area contributed by atoms with Gasteiger partial charge in [-0.1, -0.05) is 68.4 Å². The Hall–Kier alpha value is -2.02. The molecule has 2 rings (SSSR count). The van der Waals surface area contributed by atoms with E-state index in [0.717, 1.165) is 23.1 Å². The minimum atomic E-state index is 0.451. The van der Waals surface area contributed by atoms with Gasteiger partial charge in [-0.3, -0.25) is 0 Å². The van der Waals surface area contributed by atoms with Crippen LogP contribution in [0.1, 0.15) is 37.0 Å². The van der Waals surface area contributed by atoms with Gasteiger partial charge in [0.2, 0.25) is 0 Å². The topological polar surface area (TPSA) is 20.2 Å². The standard InChI is InChI=1S/C18H20O/c1-3-14-10-8-9-13-16(14)18(17(19)4-2)15-11-6-5-7-12-15/h5-13,19H,3-4H2,1-2H3. The summed E-state index contributed by atoms with van der Waals surface area (Å²) < 4.78 is 0. The molecule has 0 atom stereocenters. The van der Waals surface area contributed by atoms with E-state index in [9.17, 15) is 5.11 Å². The lowest BCUT2D eigenvalue weighted by Crippen LogP contribution is -1.98. The molecular weight excluding hydrogens is 232 g/mol. The SMILES string of the molecule is CCC(O)=C(c1ccccc1)c1ccccc1CC. The number of aryl methyl sites for hydroxylation is 1. The van der Waals surface area contributed by atoms with Gasteiger partial charge < -0.3 is 5.11 Å². The van der Waals surface area contributed by atoms with Crippen LogP contribution in [-0.4, -0.2) is 5.11 Å². The second-order valence-corrected chi connectivity index (χ2v) is 4.55. The predicted molar refractivity (Wildman–Crippen MR) is 81.2 cm³/mol. The van der Waals surface area contributed by atoms with E-state index in [4.69, 9.17) is 0 Å². The largest absolute Gasteiger partial charge is 0.512 e. The third kappa shape index (κ3) is 2.87. The first-order valence-corrected chi connectivity index (χ1v) is 6.83. The van der Waals surface area contributed by atoms with Crippen LogP contribution in [0.25, 0.3) is 5.57 Å². The Morgan fingerprint density at radius 2 is 1.53 bits per heavy atom. The fourth-order valence-electron chi connectivity index (χ4n) is 2.33. The van der Waals surface area contributed by atoms with E-state index in [1.54, 1.807) is 0 Å². The molecule has 1 nitrogen and oxygen atoms in total. The molecule has 0 amide bonds. The van der Waals surface area contributed by atoms with Crippen molar-refractivity contribution in [2.45, 2.75) is 26.7 Å². The van der Waals surface area contributed by atoms with E-state index in [2.05, 4.69) is 19.1 Å². The molecule has 0 bridgehead atoms. The van der Waals surface area contributed by atoms with Crippen LogP contribution in [0.2, 0.25) is 0 Å². The Morgan fingerprint density at radius 1 is 0.895 bits per heavy atom. The summed E-state index contributed by atoms with van der Waals surface area (Å²) in [6.07, 6.45) is 1.60. The number of benzene rings is 2. The summed E-state index contributed by atoms with van der Waals surface area (Å²) in [5.41, 5.74) is 4.43. The average Bonchev–Trinajstić information content (AvgIpc) is 2.49. The van der Waals surface area contributed by atoms with E-state index in [0.29, 0.717) is 12.2 Å². The molecule has 0 saturated heterocycles. The summed E-state index contributed by atoms with van der Waals surface area (Å²) in [6.45, 7) is 4.12.